The molecule has 0 aliphatic carbocycles. The van der Waals surface area contributed by atoms with Gasteiger partial charge in [0.2, 0.25) is 0 Å². The summed E-state index contributed by atoms with van der Waals surface area (Å²) in [5, 5.41) is 10.6. The van der Waals surface area contributed by atoms with Crippen molar-refractivity contribution in [2.45, 2.75) is 30.3 Å². The third kappa shape index (κ3) is 2.45. The van der Waals surface area contributed by atoms with Crippen LogP contribution in [0.25, 0.3) is 0 Å². The molecule has 0 saturated carbocycles. The Morgan fingerprint density at radius 2 is 2.24 bits per heavy atom. The van der Waals surface area contributed by atoms with E-state index in [9.17, 15) is 8.42 Å². The highest BCUT2D eigenvalue weighted by Gasteiger charge is 2.38. The molecule has 2 aromatic rings. The molecule has 8 nitrogen and oxygen atoms in total. The third-order valence-electron chi connectivity index (χ3n) is 3.60. The van der Waals surface area contributed by atoms with Gasteiger partial charge in [0.25, 0.3) is 10.0 Å². The van der Waals surface area contributed by atoms with Crippen LogP contribution in [0.3, 0.4) is 0 Å². The summed E-state index contributed by atoms with van der Waals surface area (Å²) in [5.41, 5.74) is 0. The molecule has 21 heavy (non-hydrogen) atoms. The van der Waals surface area contributed by atoms with Gasteiger partial charge >= 0.3 is 0 Å². The molecule has 0 bridgehead atoms. The van der Waals surface area contributed by atoms with Crippen LogP contribution >= 0.6 is 11.6 Å². The summed E-state index contributed by atoms with van der Waals surface area (Å²) < 4.78 is 28.5. The Labute approximate surface area is 127 Å². The molecule has 1 unspecified atom stereocenters. The average molecular weight is 331 g/mol. The van der Waals surface area contributed by atoms with Gasteiger partial charge in [-0.25, -0.2) is 13.4 Å². The molecule has 1 fully saturated rings. The van der Waals surface area contributed by atoms with Gasteiger partial charge in [0.05, 0.1) is 17.3 Å². The zero-order valence-electron chi connectivity index (χ0n) is 11.4. The molecule has 0 spiro atoms. The number of nitrogens with one attached hydrogen (secondary N) is 1. The minimum absolute atomic E-state index is 0.00980. The van der Waals surface area contributed by atoms with Crippen molar-refractivity contribution in [3.05, 3.63) is 23.4 Å². The maximum atomic E-state index is 12.9. The topological polar surface area (TPSA) is 96.8 Å². The smallest absolute Gasteiger partial charge is 0.262 e. The molecule has 1 aliphatic rings. The van der Waals surface area contributed by atoms with Gasteiger partial charge in [0.1, 0.15) is 12.2 Å². The zero-order chi connectivity index (χ0) is 15.0. The van der Waals surface area contributed by atoms with Gasteiger partial charge in [-0.15, -0.1) is 0 Å². The normalized spacial score (nSPS) is 20.8. The number of hydrogen-bond acceptors (Lipinski definition) is 5. The molecule has 3 heterocycles. The molecule has 1 saturated heterocycles. The van der Waals surface area contributed by atoms with Crippen molar-refractivity contribution >= 4 is 21.6 Å². The lowest BCUT2D eigenvalue weighted by molar-refractivity contribution is 0.245. The number of sulfonamides is 1. The van der Waals surface area contributed by atoms with Crippen molar-refractivity contribution in [3.8, 4) is 0 Å². The van der Waals surface area contributed by atoms with E-state index in [1.165, 1.54) is 21.5 Å². The van der Waals surface area contributed by atoms with E-state index in [-0.39, 0.29) is 16.1 Å². The summed E-state index contributed by atoms with van der Waals surface area (Å²) in [6.07, 6.45) is 5.16. The largest absolute Gasteiger partial charge is 0.262 e. The van der Waals surface area contributed by atoms with E-state index in [1.807, 2.05) is 0 Å². The lowest BCUT2D eigenvalue weighted by Gasteiger charge is -2.33. The van der Waals surface area contributed by atoms with Crippen LogP contribution in [-0.4, -0.2) is 44.2 Å². The summed E-state index contributed by atoms with van der Waals surface area (Å²) in [5.74, 6) is 0.552. The first kappa shape index (κ1) is 14.5. The van der Waals surface area contributed by atoms with Crippen LogP contribution in [0.4, 0.5) is 0 Å². The molecule has 1 aliphatic heterocycles. The van der Waals surface area contributed by atoms with Crippen molar-refractivity contribution in [3.63, 3.8) is 0 Å². The predicted molar refractivity (Wildman–Crippen MR) is 75.1 cm³/mol. The number of nitrogens with zero attached hydrogens (tertiary/aromatic N) is 5. The first-order chi connectivity index (χ1) is 10.0. The highest BCUT2D eigenvalue weighted by Crippen LogP contribution is 2.35. The van der Waals surface area contributed by atoms with Crippen molar-refractivity contribution in [2.75, 3.05) is 6.54 Å². The maximum absolute atomic E-state index is 12.9. The molecule has 1 N–H and O–H groups in total. The average Bonchev–Trinajstić information content (AvgIpc) is 3.09. The minimum Gasteiger partial charge on any atom is -0.262 e. The summed E-state index contributed by atoms with van der Waals surface area (Å²) in [4.78, 5) is 4.10. The number of rotatable bonds is 3. The number of H-pyrrole nitrogens is 1. The van der Waals surface area contributed by atoms with Gasteiger partial charge in [-0.3, -0.25) is 9.78 Å². The van der Waals surface area contributed by atoms with Crippen LogP contribution in [0, 0.1) is 0 Å². The number of aromatic nitrogens is 5. The quantitative estimate of drug-likeness (QED) is 0.909. The Kier molecular flexibility index (Phi) is 3.72. The molecule has 1 atom stereocenters. The van der Waals surface area contributed by atoms with Crippen molar-refractivity contribution in [1.82, 2.24) is 29.3 Å². The molecule has 10 heteroatoms. The fraction of sp³-hybridized carbons (Fsp3) is 0.545. The van der Waals surface area contributed by atoms with Gasteiger partial charge in [-0.2, -0.15) is 14.5 Å². The maximum Gasteiger partial charge on any atom is 0.262 e. The highest BCUT2D eigenvalue weighted by atomic mass is 35.5. The van der Waals surface area contributed by atoms with Crippen LogP contribution in [-0.2, 0) is 17.1 Å². The molecular weight excluding hydrogens is 316 g/mol. The Morgan fingerprint density at radius 1 is 1.43 bits per heavy atom. The predicted octanol–water partition coefficient (Wildman–Crippen LogP) is 1.11. The second kappa shape index (κ2) is 5.39. The Balaban J connectivity index is 2.04. The lowest BCUT2D eigenvalue weighted by Crippen LogP contribution is -2.39. The molecule has 2 aromatic heterocycles. The Morgan fingerprint density at radius 3 is 2.86 bits per heavy atom. The highest BCUT2D eigenvalue weighted by molar-refractivity contribution is 7.89. The Bertz CT molecular complexity index is 706. The fourth-order valence-electron chi connectivity index (χ4n) is 2.64. The van der Waals surface area contributed by atoms with E-state index in [2.05, 4.69) is 20.3 Å². The van der Waals surface area contributed by atoms with Crippen LogP contribution in [0.5, 0.6) is 0 Å². The fourth-order valence-corrected chi connectivity index (χ4v) is 4.91. The molecule has 0 amide bonds. The summed E-state index contributed by atoms with van der Waals surface area (Å²) in [7, 11) is -2.18. The van der Waals surface area contributed by atoms with Crippen molar-refractivity contribution < 1.29 is 8.42 Å². The Hall–Kier alpha value is -1.45. The number of halogens is 1. The lowest BCUT2D eigenvalue weighted by atomic mass is 10.0. The zero-order valence-corrected chi connectivity index (χ0v) is 13.0. The van der Waals surface area contributed by atoms with Gasteiger partial charge in [0.15, 0.2) is 5.03 Å². The van der Waals surface area contributed by atoms with E-state index in [0.717, 1.165) is 12.8 Å². The van der Waals surface area contributed by atoms with E-state index in [0.29, 0.717) is 18.8 Å². The van der Waals surface area contributed by atoms with Crippen LogP contribution in [0.2, 0.25) is 5.02 Å². The van der Waals surface area contributed by atoms with E-state index in [1.54, 1.807) is 7.05 Å². The van der Waals surface area contributed by atoms with Crippen LogP contribution in [0.1, 0.15) is 31.1 Å². The molecule has 3 rings (SSSR count). The van der Waals surface area contributed by atoms with Gasteiger partial charge in [-0.1, -0.05) is 18.0 Å². The third-order valence-corrected chi connectivity index (χ3v) is 6.01. The monoisotopic (exact) mass is 330 g/mol. The van der Waals surface area contributed by atoms with E-state index >= 15 is 0 Å². The van der Waals surface area contributed by atoms with E-state index < -0.39 is 10.0 Å². The van der Waals surface area contributed by atoms with Crippen molar-refractivity contribution in [2.24, 2.45) is 7.05 Å². The molecule has 0 aromatic carbocycles. The molecule has 114 valence electrons. The second-order valence-corrected chi connectivity index (χ2v) is 7.13. The second-order valence-electron chi connectivity index (χ2n) is 4.92. The minimum atomic E-state index is -3.74. The molecule has 0 radical (unpaired) electrons. The summed E-state index contributed by atoms with van der Waals surface area (Å²) in [6.45, 7) is 0.426. The van der Waals surface area contributed by atoms with Gasteiger partial charge in [0, 0.05) is 13.6 Å². The first-order valence-electron chi connectivity index (χ1n) is 6.56. The summed E-state index contributed by atoms with van der Waals surface area (Å²) >= 11 is 6.00. The van der Waals surface area contributed by atoms with E-state index in [4.69, 9.17) is 11.6 Å². The number of aromatic amines is 1. The molecular formula is C11H15ClN6O2S. The summed E-state index contributed by atoms with van der Waals surface area (Å²) in [6, 6.07) is -0.350. The first-order valence-corrected chi connectivity index (χ1v) is 8.38. The van der Waals surface area contributed by atoms with Gasteiger partial charge in [-0.05, 0) is 12.8 Å². The standard InChI is InChI=1S/C11H15ClN6O2S/c1-17-11(8(12)6-15-17)21(19,20)18-5-3-2-4-9(18)10-13-7-14-16-10/h6-7,9H,2-5H2,1H3,(H,13,14,16). The number of piperidine rings is 1. The van der Waals surface area contributed by atoms with Crippen LogP contribution < -0.4 is 0 Å². The SMILES string of the molecule is Cn1ncc(Cl)c1S(=O)(=O)N1CCCCC1c1ncn[nH]1. The van der Waals surface area contributed by atoms with Crippen LogP contribution in [0.15, 0.2) is 17.6 Å². The number of aryl methyl sites for hydroxylation is 1. The van der Waals surface area contributed by atoms with Gasteiger partial charge < -0.3 is 0 Å². The number of hydrogen-bond donors (Lipinski definition) is 1. The van der Waals surface area contributed by atoms with Crippen molar-refractivity contribution in [1.29, 1.82) is 0 Å².